The van der Waals surface area contributed by atoms with Crippen molar-refractivity contribution in [2.45, 2.75) is 18.9 Å². The average molecular weight is 506 g/mol. The normalized spacial score (nSPS) is 18.2. The van der Waals surface area contributed by atoms with Crippen molar-refractivity contribution in [3.8, 4) is 22.6 Å². The molecule has 6 rings (SSSR count). The third kappa shape index (κ3) is 4.56. The van der Waals surface area contributed by atoms with E-state index in [1.807, 2.05) is 18.3 Å². The second kappa shape index (κ2) is 9.76. The van der Waals surface area contributed by atoms with E-state index in [1.54, 1.807) is 12.4 Å². The lowest BCUT2D eigenvalue weighted by molar-refractivity contribution is 0.0982. The Balaban J connectivity index is 1.23. The van der Waals surface area contributed by atoms with E-state index in [2.05, 4.69) is 42.8 Å². The molecule has 2 aliphatic heterocycles. The largest absolute Gasteiger partial charge is 0.370 e. The molecule has 2 saturated heterocycles. The molecule has 0 atom stereocenters. The van der Waals surface area contributed by atoms with Crippen LogP contribution < -0.4 is 4.90 Å². The summed E-state index contributed by atoms with van der Waals surface area (Å²) < 4.78 is 14.6. The second-order valence-electron chi connectivity index (χ2n) is 9.74. The highest BCUT2D eigenvalue weighted by Crippen LogP contribution is 2.33. The molecule has 36 heavy (non-hydrogen) atoms. The minimum Gasteiger partial charge on any atom is -0.370 e. The van der Waals surface area contributed by atoms with Gasteiger partial charge in [-0.25, -0.2) is 14.4 Å². The summed E-state index contributed by atoms with van der Waals surface area (Å²) in [5.41, 5.74) is 4.87. The van der Waals surface area contributed by atoms with Crippen LogP contribution in [0.2, 0.25) is 5.02 Å². The van der Waals surface area contributed by atoms with Crippen LogP contribution in [0, 0.1) is 5.82 Å². The molecule has 7 nitrogen and oxygen atoms in total. The van der Waals surface area contributed by atoms with Crippen molar-refractivity contribution in [2.75, 3.05) is 51.2 Å². The number of hydrogen-bond acceptors (Lipinski definition) is 6. The first-order valence-corrected chi connectivity index (χ1v) is 12.9. The quantitative estimate of drug-likeness (QED) is 0.434. The van der Waals surface area contributed by atoms with Crippen molar-refractivity contribution in [1.29, 1.82) is 0 Å². The maximum atomic E-state index is 14.6. The Morgan fingerprint density at radius 2 is 1.75 bits per heavy atom. The van der Waals surface area contributed by atoms with E-state index in [0.717, 1.165) is 55.7 Å². The Morgan fingerprint density at radius 3 is 2.56 bits per heavy atom. The molecule has 186 valence electrons. The van der Waals surface area contributed by atoms with Crippen LogP contribution in [0.4, 0.5) is 10.1 Å². The number of likely N-dealkylation sites (N-methyl/N-ethyl adjacent to an activating group) is 1. The zero-order valence-electron chi connectivity index (χ0n) is 20.3. The van der Waals surface area contributed by atoms with Gasteiger partial charge in [-0.1, -0.05) is 11.6 Å². The first kappa shape index (κ1) is 23.3. The van der Waals surface area contributed by atoms with Gasteiger partial charge in [0.05, 0.1) is 40.6 Å². The molecule has 4 aromatic rings. The third-order valence-corrected chi connectivity index (χ3v) is 7.72. The van der Waals surface area contributed by atoms with Gasteiger partial charge in [0.15, 0.2) is 0 Å². The molecule has 2 aliphatic rings. The van der Waals surface area contributed by atoms with Gasteiger partial charge in [0.1, 0.15) is 11.5 Å². The fraction of sp³-hybridized carbons (Fsp3) is 0.370. The number of pyridine rings is 2. The number of halogens is 2. The van der Waals surface area contributed by atoms with Crippen LogP contribution >= 0.6 is 11.6 Å². The summed E-state index contributed by atoms with van der Waals surface area (Å²) >= 11 is 6.13. The van der Waals surface area contributed by atoms with Crippen LogP contribution in [0.25, 0.3) is 33.7 Å². The second-order valence-corrected chi connectivity index (χ2v) is 10.2. The number of anilines is 1. The number of fused-ring (bicyclic) bond motifs is 1. The number of hydrogen-bond donors (Lipinski definition) is 1. The number of nitrogens with zero attached hydrogens (tertiary/aromatic N) is 6. The van der Waals surface area contributed by atoms with E-state index in [4.69, 9.17) is 16.6 Å². The van der Waals surface area contributed by atoms with E-state index in [-0.39, 0.29) is 5.82 Å². The standard InChI is InChI=1S/C27H29ClFN7/c1-34-10-12-36(13-11-34)19-6-8-35(9-7-19)20-15-25-23(30-16-20)4-5-24(33-25)27-26(31-17-32-27)21-14-18(28)2-3-22(21)29/h2-5,14-17,19H,6-13H2,1H3,(H,31,32). The van der Waals surface area contributed by atoms with Crippen LogP contribution in [-0.4, -0.2) is 82.1 Å². The van der Waals surface area contributed by atoms with Crippen molar-refractivity contribution >= 4 is 28.3 Å². The molecule has 1 aromatic carbocycles. The van der Waals surface area contributed by atoms with Crippen LogP contribution in [-0.2, 0) is 0 Å². The zero-order valence-corrected chi connectivity index (χ0v) is 21.0. The SMILES string of the molecule is CN1CCN(C2CCN(c3cnc4ccc(-c5nc[nH]c5-c5cc(Cl)ccc5F)nc4c3)CC2)CC1. The van der Waals surface area contributed by atoms with Gasteiger partial charge in [0.25, 0.3) is 0 Å². The van der Waals surface area contributed by atoms with E-state index in [1.165, 1.54) is 25.2 Å². The Labute approximate surface area is 214 Å². The molecular weight excluding hydrogens is 477 g/mol. The van der Waals surface area contributed by atoms with E-state index < -0.39 is 0 Å². The summed E-state index contributed by atoms with van der Waals surface area (Å²) in [5, 5.41) is 0.462. The molecule has 3 aromatic heterocycles. The molecular formula is C27H29ClFN7. The monoisotopic (exact) mass is 505 g/mol. The molecule has 9 heteroatoms. The molecule has 0 amide bonds. The smallest absolute Gasteiger partial charge is 0.132 e. The summed E-state index contributed by atoms with van der Waals surface area (Å²) in [6.45, 7) is 6.68. The van der Waals surface area contributed by atoms with Crippen LogP contribution in [0.3, 0.4) is 0 Å². The average Bonchev–Trinajstić information content (AvgIpc) is 3.40. The summed E-state index contributed by atoms with van der Waals surface area (Å²) in [6.07, 6.45) is 5.82. The van der Waals surface area contributed by atoms with Gasteiger partial charge >= 0.3 is 0 Å². The highest BCUT2D eigenvalue weighted by atomic mass is 35.5. The molecule has 0 spiro atoms. The first-order chi connectivity index (χ1) is 17.5. The lowest BCUT2D eigenvalue weighted by Crippen LogP contribution is -2.52. The van der Waals surface area contributed by atoms with Crippen LogP contribution in [0.5, 0.6) is 0 Å². The molecule has 5 heterocycles. The maximum Gasteiger partial charge on any atom is 0.132 e. The van der Waals surface area contributed by atoms with E-state index in [0.29, 0.717) is 33.7 Å². The Morgan fingerprint density at radius 1 is 0.944 bits per heavy atom. The molecule has 0 aliphatic carbocycles. The van der Waals surface area contributed by atoms with Gasteiger partial charge in [-0.2, -0.15) is 0 Å². The number of rotatable bonds is 4. The lowest BCUT2D eigenvalue weighted by atomic mass is 10.0. The molecule has 0 bridgehead atoms. The number of piperazine rings is 1. The number of piperidine rings is 1. The van der Waals surface area contributed by atoms with E-state index >= 15 is 0 Å². The van der Waals surface area contributed by atoms with Gasteiger partial charge in [-0.05, 0) is 56.3 Å². The van der Waals surface area contributed by atoms with Crippen molar-refractivity contribution in [3.63, 3.8) is 0 Å². The number of H-pyrrole nitrogens is 1. The number of benzene rings is 1. The molecule has 0 saturated carbocycles. The van der Waals surface area contributed by atoms with Crippen molar-refractivity contribution in [1.82, 2.24) is 29.7 Å². The lowest BCUT2D eigenvalue weighted by Gasteiger charge is -2.42. The molecule has 0 unspecified atom stereocenters. The highest BCUT2D eigenvalue weighted by Gasteiger charge is 2.27. The van der Waals surface area contributed by atoms with Crippen molar-refractivity contribution in [3.05, 3.63) is 59.8 Å². The topological polar surface area (TPSA) is 64.2 Å². The number of aromatic nitrogens is 4. The zero-order chi connectivity index (χ0) is 24.6. The summed E-state index contributed by atoms with van der Waals surface area (Å²) in [7, 11) is 2.20. The fourth-order valence-corrected chi connectivity index (χ4v) is 5.53. The number of aromatic amines is 1. The van der Waals surface area contributed by atoms with Gasteiger partial charge in [-0.15, -0.1) is 0 Å². The predicted octanol–water partition coefficient (Wildman–Crippen LogP) is 4.70. The Kier molecular flexibility index (Phi) is 6.33. The highest BCUT2D eigenvalue weighted by molar-refractivity contribution is 6.30. The van der Waals surface area contributed by atoms with Crippen LogP contribution in [0.1, 0.15) is 12.8 Å². The summed E-state index contributed by atoms with van der Waals surface area (Å²) in [5.74, 6) is -0.366. The van der Waals surface area contributed by atoms with E-state index in [9.17, 15) is 4.39 Å². The summed E-state index contributed by atoms with van der Waals surface area (Å²) in [6, 6.07) is 11.1. The van der Waals surface area contributed by atoms with Crippen molar-refractivity contribution in [2.24, 2.45) is 0 Å². The maximum absolute atomic E-state index is 14.6. The van der Waals surface area contributed by atoms with Gasteiger partial charge < -0.3 is 14.8 Å². The van der Waals surface area contributed by atoms with Crippen molar-refractivity contribution < 1.29 is 4.39 Å². The minimum atomic E-state index is -0.366. The first-order valence-electron chi connectivity index (χ1n) is 12.5. The minimum absolute atomic E-state index is 0.366. The Bertz CT molecular complexity index is 1370. The molecule has 0 radical (unpaired) electrons. The summed E-state index contributed by atoms with van der Waals surface area (Å²) in [4.78, 5) is 24.5. The molecule has 1 N–H and O–H groups in total. The van der Waals surface area contributed by atoms with Gasteiger partial charge in [-0.3, -0.25) is 9.88 Å². The number of nitrogens with one attached hydrogen (secondary N) is 1. The number of imidazole rings is 1. The predicted molar refractivity (Wildman–Crippen MR) is 142 cm³/mol. The van der Waals surface area contributed by atoms with Gasteiger partial charge in [0, 0.05) is 55.9 Å². The third-order valence-electron chi connectivity index (χ3n) is 7.49. The van der Waals surface area contributed by atoms with Gasteiger partial charge in [0.2, 0.25) is 0 Å². The van der Waals surface area contributed by atoms with Crippen LogP contribution in [0.15, 0.2) is 48.9 Å². The molecule has 2 fully saturated rings. The Hall–Kier alpha value is -3.07. The fourth-order valence-electron chi connectivity index (χ4n) is 5.36.